The quantitative estimate of drug-likeness (QED) is 0.0730. The minimum atomic E-state index is -1.84. The highest BCUT2D eigenvalue weighted by Crippen LogP contribution is 2.40. The summed E-state index contributed by atoms with van der Waals surface area (Å²) >= 11 is 0.823. The number of ketones is 7. The van der Waals surface area contributed by atoms with Gasteiger partial charge < -0.3 is 92.0 Å². The first kappa shape index (κ1) is 98.6. The number of allylic oxidation sites excluding steroid dienone is 1. The summed E-state index contributed by atoms with van der Waals surface area (Å²) in [6.07, 6.45) is -5.71. The molecule has 0 spiro atoms. The number of aromatic amines is 1. The van der Waals surface area contributed by atoms with Crippen LogP contribution in [0.2, 0.25) is 0 Å². The van der Waals surface area contributed by atoms with E-state index in [-0.39, 0.29) is 92.1 Å². The number of esters is 2. The number of carboxylic acids is 2. The van der Waals surface area contributed by atoms with E-state index < -0.39 is 302 Å². The molecule has 0 aliphatic carbocycles. The van der Waals surface area contributed by atoms with Gasteiger partial charge in [-0.2, -0.15) is 0 Å². The first-order valence-corrected chi connectivity index (χ1v) is 41.1. The lowest BCUT2D eigenvalue weighted by Gasteiger charge is -2.31. The van der Waals surface area contributed by atoms with Crippen molar-refractivity contribution in [3.63, 3.8) is 0 Å². The van der Waals surface area contributed by atoms with Gasteiger partial charge in [0, 0.05) is 138 Å². The number of aromatic nitrogens is 1. The lowest BCUT2D eigenvalue weighted by molar-refractivity contribution is -0.148. The molecule has 1 saturated heterocycles. The number of carbonyl (C=O) groups is 21. The Morgan fingerprint density at radius 2 is 1.19 bits per heavy atom. The van der Waals surface area contributed by atoms with Crippen LogP contribution in [-0.2, 0) is 121 Å². The zero-order valence-electron chi connectivity index (χ0n) is 69.0. The van der Waals surface area contributed by atoms with Gasteiger partial charge in [0.25, 0.3) is 0 Å². The van der Waals surface area contributed by atoms with Crippen molar-refractivity contribution in [3.8, 4) is 5.75 Å². The molecule has 1 fully saturated rings. The van der Waals surface area contributed by atoms with E-state index in [4.69, 9.17) is 24.1 Å². The van der Waals surface area contributed by atoms with Crippen molar-refractivity contribution in [2.75, 3.05) is 57.7 Å². The van der Waals surface area contributed by atoms with E-state index in [1.165, 1.54) is 39.8 Å². The Hall–Kier alpha value is -11.3. The normalized spacial score (nSPS) is 26.8. The number of thioether (sulfide) groups is 1. The Kier molecular flexibility index (Phi) is 38.8. The molecular formula is C81H109N11O28S. The van der Waals surface area contributed by atoms with Crippen molar-refractivity contribution in [3.05, 3.63) is 42.0 Å². The molecule has 6 rings (SSSR count). The van der Waals surface area contributed by atoms with Gasteiger partial charge in [0.2, 0.25) is 59.1 Å². The van der Waals surface area contributed by atoms with Gasteiger partial charge in [0.05, 0.1) is 97.7 Å². The smallest absolute Gasteiger partial charge is 0.328 e. The second kappa shape index (κ2) is 47.7. The maximum absolute atomic E-state index is 15.3. The molecule has 0 radical (unpaired) electrons. The molecule has 15 atom stereocenters. The van der Waals surface area contributed by atoms with Crippen molar-refractivity contribution in [1.82, 2.24) is 52.4 Å². The van der Waals surface area contributed by atoms with Gasteiger partial charge in [-0.3, -0.25) is 91.1 Å². The first-order chi connectivity index (χ1) is 57.2. The number of fused-ring (bicyclic) bond motifs is 6. The fourth-order valence-electron chi connectivity index (χ4n) is 13.8. The van der Waals surface area contributed by atoms with Gasteiger partial charge in [-0.15, -0.1) is 11.8 Å². The Morgan fingerprint density at radius 1 is 0.603 bits per heavy atom. The number of aliphatic carboxylic acids is 2. The molecule has 662 valence electrons. The molecule has 1 aromatic carbocycles. The van der Waals surface area contributed by atoms with Crippen molar-refractivity contribution in [2.45, 2.75) is 224 Å². The standard InChI is InChI=1S/C81H109N11O28S/c1-10-40(3)72-59(97)17-18-64(101)85-55-39-121-79-50(30-46(76(112)82-37-68(105)90-72)31-62(100)73(41(4)11-2)91-78(114)56-33-48(94)38-92(56)80(115)54(87-77(55)113)36-71(110)117-9)49-34-53-63(35-52(49)88-79)120-81(116)43(6)29-61(99)45(8)84-67(104)23-27-119-25-13-15-58(96)74(89-65(102)19-21-70(108)109)51(32-47(93)16-20-69(106)107)57(95)14-12-24-118-26-22-66(103)83-44(7)60(98)28-42(5)75(111)86-53/h16,19-21,34-35,40-46,48,51,54-56,72-74,88,94H,10-15,17-18,22-33,36-39H2,1-9H3,(H,82,112)(H,83,103)(H,84,104)(H,85,101)(H,86,111)(H,87,113)(H,89,102)(H,90,105)(H,91,114)(H,106,107)(H,108,109)/b20-16-,21-19-/t40-,41-,42?,43?,44?,45?,46+,48-,51?,54-,55-,56-,72-,73-,74?/m0/s1. The average Bonchev–Trinajstić information content (AvgIpc) is 1.61. The largest absolute Gasteiger partial charge is 0.478 e. The highest BCUT2D eigenvalue weighted by atomic mass is 32.2. The van der Waals surface area contributed by atoms with Crippen LogP contribution >= 0.6 is 11.8 Å². The fourth-order valence-corrected chi connectivity index (χ4v) is 14.9. The predicted molar refractivity (Wildman–Crippen MR) is 427 cm³/mol. The van der Waals surface area contributed by atoms with Gasteiger partial charge in [0.1, 0.15) is 23.9 Å². The van der Waals surface area contributed by atoms with E-state index in [0.717, 1.165) is 23.8 Å². The molecule has 10 amide bonds. The summed E-state index contributed by atoms with van der Waals surface area (Å²) in [6, 6.07) is -9.39. The first-order valence-electron chi connectivity index (χ1n) is 40.1. The molecule has 4 aliphatic rings. The maximum atomic E-state index is 15.3. The average molecular weight is 1720 g/mol. The van der Waals surface area contributed by atoms with Gasteiger partial charge in [-0.05, 0) is 62.7 Å². The third kappa shape index (κ3) is 30.4. The third-order valence-electron chi connectivity index (χ3n) is 21.2. The van der Waals surface area contributed by atoms with E-state index in [1.54, 1.807) is 27.7 Å². The number of benzene rings is 1. The number of rotatable bonds is 13. The van der Waals surface area contributed by atoms with E-state index in [2.05, 4.69) is 52.8 Å². The molecule has 39 nitrogen and oxygen atoms in total. The van der Waals surface area contributed by atoms with Crippen LogP contribution in [0.5, 0.6) is 5.75 Å². The van der Waals surface area contributed by atoms with Crippen LogP contribution < -0.4 is 52.6 Å². The number of aliphatic hydroxyl groups excluding tert-OH is 1. The predicted octanol–water partition coefficient (Wildman–Crippen LogP) is 0.338. The van der Waals surface area contributed by atoms with Crippen LogP contribution in [0.1, 0.15) is 164 Å². The molecule has 2 aromatic rings. The van der Waals surface area contributed by atoms with Crippen molar-refractivity contribution < 1.29 is 135 Å². The Balaban J connectivity index is 1.45. The third-order valence-corrected chi connectivity index (χ3v) is 22.3. The summed E-state index contributed by atoms with van der Waals surface area (Å²) in [6.45, 7) is 9.91. The number of carbonyl (C=O) groups excluding carboxylic acids is 19. The summed E-state index contributed by atoms with van der Waals surface area (Å²) in [7, 11) is 1.01. The number of ether oxygens (including phenoxy) is 4. The van der Waals surface area contributed by atoms with Crippen LogP contribution in [0.15, 0.2) is 41.5 Å². The molecule has 40 heteroatoms. The van der Waals surface area contributed by atoms with Gasteiger partial charge in [-0.1, -0.05) is 54.4 Å². The molecule has 0 saturated carbocycles. The fraction of sp³-hybridized carbons (Fsp3) is 0.593. The molecule has 121 heavy (non-hydrogen) atoms. The SMILES string of the molecule is CC[C@H](C)[C@@H]1NC(=O)CNC(=O)[C@H]2CC(=O)[C@H]([C@@H](C)CC)NC(=O)[C@@H]3C[C@H](O)CN3C(=O)[C@H](CC(=O)OC)NC(=O)[C@H](CSc3[nH]c4cc5c(cc4c3C2)NC(=O)C(C)CC(=O)C(C)NC(=O)CCOCCCC(=O)C(CC(=O)/C=C\C(=O)O)C(NC(=O)/C=C\C(=O)O)C(=O)CCCOCCC(=O)NC(C)C(=O)CC(C)C(=O)O5)NC(=O)CCC1=O. The highest BCUT2D eigenvalue weighted by molar-refractivity contribution is 7.99. The lowest BCUT2D eigenvalue weighted by atomic mass is 9.84. The number of nitrogens with zero attached hydrogens (tertiary/aromatic N) is 1. The Bertz CT molecular complexity index is 4330. The van der Waals surface area contributed by atoms with Crippen LogP contribution in [0, 0.1) is 35.5 Å². The summed E-state index contributed by atoms with van der Waals surface area (Å²) in [5.74, 6) is -27.4. The van der Waals surface area contributed by atoms with Gasteiger partial charge in [0.15, 0.2) is 40.4 Å². The van der Waals surface area contributed by atoms with Crippen LogP contribution in [-0.4, -0.2) is 255 Å². The molecule has 6 unspecified atom stereocenters. The van der Waals surface area contributed by atoms with Crippen molar-refractivity contribution in [1.29, 1.82) is 0 Å². The Labute approximate surface area is 701 Å². The molecule has 4 aliphatic heterocycles. The number of hydrogen-bond acceptors (Lipinski definition) is 27. The summed E-state index contributed by atoms with van der Waals surface area (Å²) in [5, 5.41) is 52.8. The number of H-pyrrole nitrogens is 1. The van der Waals surface area contributed by atoms with E-state index in [1.807, 2.05) is 0 Å². The van der Waals surface area contributed by atoms with E-state index in [0.29, 0.717) is 30.7 Å². The minimum Gasteiger partial charge on any atom is -0.478 e. The second-order valence-corrected chi connectivity index (χ2v) is 31.7. The number of aliphatic hydroxyl groups is 1. The number of Topliss-reactive ketones (excluding diaryl/α,β-unsaturated/α-hetero) is 6. The van der Waals surface area contributed by atoms with Crippen molar-refractivity contribution >= 4 is 152 Å². The monoisotopic (exact) mass is 1720 g/mol. The van der Waals surface area contributed by atoms with E-state index >= 15 is 14.4 Å². The lowest BCUT2D eigenvalue weighted by Crippen LogP contribution is -2.59. The maximum Gasteiger partial charge on any atom is 0.328 e. The molecular weight excluding hydrogens is 1610 g/mol. The summed E-state index contributed by atoms with van der Waals surface area (Å²) < 4.78 is 22.2. The number of hydrogen-bond donors (Lipinski definition) is 13. The summed E-state index contributed by atoms with van der Waals surface area (Å²) in [4.78, 5) is 295. The molecule has 2 bridgehead atoms. The topological polar surface area (TPSA) is 583 Å². The zero-order chi connectivity index (χ0) is 89.6. The number of methoxy groups -OCH3 is 1. The van der Waals surface area contributed by atoms with E-state index in [9.17, 15) is 96.5 Å². The van der Waals surface area contributed by atoms with Gasteiger partial charge >= 0.3 is 23.9 Å². The van der Waals surface area contributed by atoms with Crippen LogP contribution in [0.4, 0.5) is 5.69 Å². The minimum absolute atomic E-state index is 0.0484. The van der Waals surface area contributed by atoms with Crippen LogP contribution in [0.3, 0.4) is 0 Å². The van der Waals surface area contributed by atoms with Gasteiger partial charge in [-0.25, -0.2) is 9.59 Å². The number of carboxylic acid groups (broad SMARTS) is 2. The highest BCUT2D eigenvalue weighted by Gasteiger charge is 2.45. The number of amides is 10. The zero-order valence-corrected chi connectivity index (χ0v) is 69.8. The number of anilines is 1. The van der Waals surface area contributed by atoms with Crippen molar-refractivity contribution in [2.24, 2.45) is 35.5 Å². The molecule has 13 N–H and O–H groups in total. The molecule has 1 aromatic heterocycles. The second-order valence-electron chi connectivity index (χ2n) is 30.7. The van der Waals surface area contributed by atoms with Crippen LogP contribution in [0.25, 0.3) is 10.9 Å². The summed E-state index contributed by atoms with van der Waals surface area (Å²) in [5.41, 5.74) is -0.114. The number of nitrogens with one attached hydrogen (secondary N) is 10. The Morgan fingerprint density at radius 3 is 1.79 bits per heavy atom. The molecule has 5 heterocycles.